The summed E-state index contributed by atoms with van der Waals surface area (Å²) in [5.41, 5.74) is 3.40. The molecule has 2 rings (SSSR count). The molecule has 3 N–H and O–H groups in total. The Balaban J connectivity index is 2.19. The van der Waals surface area contributed by atoms with Crippen LogP contribution in [-0.4, -0.2) is 12.1 Å². The maximum atomic E-state index is 5.78. The van der Waals surface area contributed by atoms with Gasteiger partial charge in [-0.2, -0.15) is 0 Å². The molecule has 0 aliphatic carbocycles. The van der Waals surface area contributed by atoms with Crippen LogP contribution in [0.2, 0.25) is 0 Å². The number of nitrogens with two attached hydrogens (primary N) is 1. The first kappa shape index (κ1) is 13.6. The normalized spacial score (nSPS) is 10.1. The third kappa shape index (κ3) is 3.15. The Kier molecular flexibility index (Phi) is 4.59. The van der Waals surface area contributed by atoms with Crippen LogP contribution in [-0.2, 0) is 6.61 Å². The molecule has 100 valence electrons. The molecule has 2 aromatic rings. The SMILES string of the molecule is COc1cccc(Br)c1OCc1cccnc1NN. The number of nitrogen functional groups attached to an aromatic ring is 1. The average molecular weight is 324 g/mol. The highest BCUT2D eigenvalue weighted by Gasteiger charge is 2.10. The summed E-state index contributed by atoms with van der Waals surface area (Å²) < 4.78 is 11.9. The third-order valence-electron chi connectivity index (χ3n) is 2.55. The van der Waals surface area contributed by atoms with Gasteiger partial charge >= 0.3 is 0 Å². The van der Waals surface area contributed by atoms with E-state index in [1.807, 2.05) is 30.3 Å². The van der Waals surface area contributed by atoms with E-state index in [9.17, 15) is 0 Å². The Morgan fingerprint density at radius 1 is 1.32 bits per heavy atom. The molecule has 0 amide bonds. The summed E-state index contributed by atoms with van der Waals surface area (Å²) >= 11 is 3.44. The Morgan fingerprint density at radius 3 is 2.89 bits per heavy atom. The zero-order valence-corrected chi connectivity index (χ0v) is 12.0. The molecule has 0 fully saturated rings. The van der Waals surface area contributed by atoms with E-state index in [4.69, 9.17) is 15.3 Å². The van der Waals surface area contributed by atoms with Crippen LogP contribution in [0.3, 0.4) is 0 Å². The summed E-state index contributed by atoms with van der Waals surface area (Å²) in [5.74, 6) is 7.31. The number of aromatic nitrogens is 1. The molecular formula is C13H14BrN3O2. The predicted octanol–water partition coefficient (Wildman–Crippen LogP) is 2.72. The van der Waals surface area contributed by atoms with E-state index in [0.717, 1.165) is 10.0 Å². The quantitative estimate of drug-likeness (QED) is 0.654. The van der Waals surface area contributed by atoms with Crippen LogP contribution in [0.25, 0.3) is 0 Å². The van der Waals surface area contributed by atoms with Crippen molar-refractivity contribution in [2.24, 2.45) is 5.84 Å². The van der Waals surface area contributed by atoms with Gasteiger partial charge in [0.1, 0.15) is 12.4 Å². The van der Waals surface area contributed by atoms with Crippen LogP contribution in [0.1, 0.15) is 5.56 Å². The molecule has 0 aliphatic rings. The molecule has 0 bridgehead atoms. The van der Waals surface area contributed by atoms with E-state index in [2.05, 4.69) is 26.3 Å². The van der Waals surface area contributed by atoms with E-state index >= 15 is 0 Å². The maximum absolute atomic E-state index is 5.78. The van der Waals surface area contributed by atoms with E-state index in [-0.39, 0.29) is 0 Å². The number of methoxy groups -OCH3 is 1. The number of hydrogen-bond donors (Lipinski definition) is 2. The number of ether oxygens (including phenoxy) is 2. The van der Waals surface area contributed by atoms with Crippen molar-refractivity contribution in [1.29, 1.82) is 0 Å². The number of anilines is 1. The van der Waals surface area contributed by atoms with E-state index in [1.165, 1.54) is 0 Å². The molecule has 1 heterocycles. The van der Waals surface area contributed by atoms with Crippen molar-refractivity contribution in [2.75, 3.05) is 12.5 Å². The van der Waals surface area contributed by atoms with Gasteiger partial charge in [-0.25, -0.2) is 10.8 Å². The molecule has 0 unspecified atom stereocenters. The number of benzene rings is 1. The molecule has 0 saturated carbocycles. The van der Waals surface area contributed by atoms with Crippen LogP contribution in [0.5, 0.6) is 11.5 Å². The largest absolute Gasteiger partial charge is 0.493 e. The van der Waals surface area contributed by atoms with Crippen molar-refractivity contribution in [3.8, 4) is 11.5 Å². The maximum Gasteiger partial charge on any atom is 0.175 e. The lowest BCUT2D eigenvalue weighted by Gasteiger charge is -2.13. The molecule has 5 nitrogen and oxygen atoms in total. The van der Waals surface area contributed by atoms with Gasteiger partial charge < -0.3 is 14.9 Å². The molecule has 1 aromatic carbocycles. The fourth-order valence-corrected chi connectivity index (χ4v) is 2.09. The lowest BCUT2D eigenvalue weighted by molar-refractivity contribution is 0.283. The first-order valence-electron chi connectivity index (χ1n) is 5.62. The van der Waals surface area contributed by atoms with E-state index in [0.29, 0.717) is 23.9 Å². The number of hydrogen-bond acceptors (Lipinski definition) is 5. The fourth-order valence-electron chi connectivity index (χ4n) is 1.62. The Hall–Kier alpha value is -1.79. The van der Waals surface area contributed by atoms with Crippen molar-refractivity contribution in [1.82, 2.24) is 4.98 Å². The first-order valence-corrected chi connectivity index (χ1v) is 6.41. The minimum Gasteiger partial charge on any atom is -0.493 e. The third-order valence-corrected chi connectivity index (χ3v) is 3.18. The van der Waals surface area contributed by atoms with Gasteiger partial charge in [0.15, 0.2) is 11.5 Å². The minimum atomic E-state index is 0.340. The smallest absolute Gasteiger partial charge is 0.175 e. The second kappa shape index (κ2) is 6.40. The van der Waals surface area contributed by atoms with Crippen LogP contribution in [0, 0.1) is 0 Å². The van der Waals surface area contributed by atoms with Gasteiger partial charge in [-0.1, -0.05) is 12.1 Å². The molecule has 1 aromatic heterocycles. The van der Waals surface area contributed by atoms with Gasteiger partial charge in [0.25, 0.3) is 0 Å². The highest BCUT2D eigenvalue weighted by atomic mass is 79.9. The molecule has 19 heavy (non-hydrogen) atoms. The lowest BCUT2D eigenvalue weighted by atomic mass is 10.2. The molecule has 6 heteroatoms. The number of para-hydroxylation sites is 1. The van der Waals surface area contributed by atoms with Crippen LogP contribution in [0.15, 0.2) is 41.0 Å². The van der Waals surface area contributed by atoms with Crippen molar-refractivity contribution < 1.29 is 9.47 Å². The van der Waals surface area contributed by atoms with Gasteiger partial charge in [0.05, 0.1) is 11.6 Å². The molecular weight excluding hydrogens is 310 g/mol. The van der Waals surface area contributed by atoms with E-state index < -0.39 is 0 Å². The average Bonchev–Trinajstić information content (AvgIpc) is 2.46. The zero-order chi connectivity index (χ0) is 13.7. The number of nitrogens with one attached hydrogen (secondary N) is 1. The predicted molar refractivity (Wildman–Crippen MR) is 77.1 cm³/mol. The Bertz CT molecular complexity index is 563. The summed E-state index contributed by atoms with van der Waals surface area (Å²) in [4.78, 5) is 4.12. The van der Waals surface area contributed by atoms with Gasteiger partial charge in [-0.15, -0.1) is 0 Å². The summed E-state index contributed by atoms with van der Waals surface area (Å²) in [6.07, 6.45) is 1.66. The summed E-state index contributed by atoms with van der Waals surface area (Å²) in [6.45, 7) is 0.340. The Morgan fingerprint density at radius 2 is 2.16 bits per heavy atom. The van der Waals surface area contributed by atoms with Gasteiger partial charge in [0.2, 0.25) is 0 Å². The Labute approximate surface area is 119 Å². The number of rotatable bonds is 5. The molecule has 0 aliphatic heterocycles. The number of pyridine rings is 1. The monoisotopic (exact) mass is 323 g/mol. The highest BCUT2D eigenvalue weighted by molar-refractivity contribution is 9.10. The topological polar surface area (TPSA) is 69.4 Å². The molecule has 0 spiro atoms. The van der Waals surface area contributed by atoms with Gasteiger partial charge in [-0.05, 0) is 34.1 Å². The number of nitrogens with zero attached hydrogens (tertiary/aromatic N) is 1. The van der Waals surface area contributed by atoms with Crippen LogP contribution < -0.4 is 20.7 Å². The van der Waals surface area contributed by atoms with Crippen LogP contribution in [0.4, 0.5) is 5.82 Å². The van der Waals surface area contributed by atoms with E-state index in [1.54, 1.807) is 13.3 Å². The molecule has 0 saturated heterocycles. The van der Waals surface area contributed by atoms with Crippen molar-refractivity contribution in [2.45, 2.75) is 6.61 Å². The lowest BCUT2D eigenvalue weighted by Crippen LogP contribution is -2.12. The summed E-state index contributed by atoms with van der Waals surface area (Å²) in [6, 6.07) is 9.34. The second-order valence-electron chi connectivity index (χ2n) is 3.72. The highest BCUT2D eigenvalue weighted by Crippen LogP contribution is 2.35. The van der Waals surface area contributed by atoms with Crippen molar-refractivity contribution in [3.63, 3.8) is 0 Å². The zero-order valence-electron chi connectivity index (χ0n) is 10.4. The van der Waals surface area contributed by atoms with Gasteiger partial charge in [0, 0.05) is 11.8 Å². The summed E-state index contributed by atoms with van der Waals surface area (Å²) in [7, 11) is 1.60. The minimum absolute atomic E-state index is 0.340. The fraction of sp³-hybridized carbons (Fsp3) is 0.154. The second-order valence-corrected chi connectivity index (χ2v) is 4.57. The van der Waals surface area contributed by atoms with Gasteiger partial charge in [-0.3, -0.25) is 0 Å². The van der Waals surface area contributed by atoms with Crippen LogP contribution >= 0.6 is 15.9 Å². The molecule has 0 radical (unpaired) electrons. The number of hydrazine groups is 1. The molecule has 0 atom stereocenters. The number of halogens is 1. The standard InChI is InChI=1S/C13H14BrN3O2/c1-18-11-6-2-5-10(14)12(11)19-8-9-4-3-7-16-13(9)17-15/h2-7H,8,15H2,1H3,(H,16,17). The summed E-state index contributed by atoms with van der Waals surface area (Å²) in [5, 5.41) is 0. The van der Waals surface area contributed by atoms with Crippen molar-refractivity contribution >= 4 is 21.7 Å². The first-order chi connectivity index (χ1) is 9.26. The van der Waals surface area contributed by atoms with Crippen molar-refractivity contribution in [3.05, 3.63) is 46.6 Å².